The molecule has 0 spiro atoms. The van der Waals surface area contributed by atoms with Crippen molar-refractivity contribution < 1.29 is 9.15 Å². The molecule has 0 bridgehead atoms. The summed E-state index contributed by atoms with van der Waals surface area (Å²) in [4.78, 5) is 0. The average Bonchev–Trinajstić information content (AvgIpc) is 3.24. The van der Waals surface area contributed by atoms with Crippen LogP contribution in [0.2, 0.25) is 0 Å². The van der Waals surface area contributed by atoms with Gasteiger partial charge < -0.3 is 19.5 Å². The maximum Gasteiger partial charge on any atom is 0.264 e. The Balaban J connectivity index is 1.98. The van der Waals surface area contributed by atoms with E-state index in [9.17, 15) is 0 Å². The summed E-state index contributed by atoms with van der Waals surface area (Å²) >= 11 is 0. The molecule has 4 aromatic rings. The van der Waals surface area contributed by atoms with Crippen molar-refractivity contribution in [3.8, 4) is 23.0 Å². The smallest absolute Gasteiger partial charge is 0.264 e. The number of methoxy groups -OCH3 is 1. The molecule has 0 fully saturated rings. The number of aromatic nitrogens is 3. The summed E-state index contributed by atoms with van der Waals surface area (Å²) in [5.41, 5.74) is 9.67. The minimum Gasteiger partial charge on any atom is -0.497 e. The molecule has 2 aromatic carbocycles. The van der Waals surface area contributed by atoms with Gasteiger partial charge in [0.15, 0.2) is 0 Å². The highest BCUT2D eigenvalue weighted by Gasteiger charge is 2.17. The number of nitrogens with zero attached hydrogens (tertiary/aromatic N) is 3. The van der Waals surface area contributed by atoms with E-state index < -0.39 is 0 Å². The van der Waals surface area contributed by atoms with Crippen molar-refractivity contribution in [2.45, 2.75) is 13.5 Å². The van der Waals surface area contributed by atoms with Crippen LogP contribution in [-0.2, 0) is 6.54 Å². The van der Waals surface area contributed by atoms with Gasteiger partial charge in [0.2, 0.25) is 5.89 Å². The van der Waals surface area contributed by atoms with Crippen LogP contribution in [0.5, 0.6) is 5.75 Å². The van der Waals surface area contributed by atoms with Crippen molar-refractivity contribution in [2.24, 2.45) is 5.73 Å². The first kappa shape index (κ1) is 15.4. The molecule has 0 radical (unpaired) electrons. The van der Waals surface area contributed by atoms with E-state index in [1.165, 1.54) is 0 Å². The average molecular weight is 334 g/mol. The van der Waals surface area contributed by atoms with Crippen LogP contribution in [0.15, 0.2) is 52.9 Å². The lowest BCUT2D eigenvalue weighted by Gasteiger charge is -2.10. The monoisotopic (exact) mass is 334 g/mol. The summed E-state index contributed by atoms with van der Waals surface area (Å²) in [6.45, 7) is 2.29. The van der Waals surface area contributed by atoms with Crippen LogP contribution in [0.25, 0.3) is 28.2 Å². The largest absolute Gasteiger partial charge is 0.497 e. The predicted octanol–water partition coefficient (Wildman–Crippen LogP) is 3.46. The molecule has 2 aromatic heterocycles. The van der Waals surface area contributed by atoms with Crippen molar-refractivity contribution in [1.29, 1.82) is 0 Å². The second-order valence-corrected chi connectivity index (χ2v) is 5.79. The van der Waals surface area contributed by atoms with Gasteiger partial charge in [-0.1, -0.05) is 12.1 Å². The molecule has 0 unspecified atom stereocenters. The molecule has 0 saturated carbocycles. The third-order valence-corrected chi connectivity index (χ3v) is 4.18. The molecule has 0 saturated heterocycles. The van der Waals surface area contributed by atoms with Crippen LogP contribution in [0.3, 0.4) is 0 Å². The highest BCUT2D eigenvalue weighted by molar-refractivity contribution is 5.89. The molecule has 0 amide bonds. The van der Waals surface area contributed by atoms with Gasteiger partial charge in [0.1, 0.15) is 11.4 Å². The number of hydrogen-bond acceptors (Lipinski definition) is 5. The SMILES string of the molecule is COc1ccc2c(c1)cc(-c1nnc(C)o1)n2-c1ccc(CN)cc1. The van der Waals surface area contributed by atoms with E-state index in [0.29, 0.717) is 18.3 Å². The van der Waals surface area contributed by atoms with Crippen LogP contribution in [-0.4, -0.2) is 21.9 Å². The number of rotatable bonds is 4. The Morgan fingerprint density at radius 2 is 1.88 bits per heavy atom. The Labute approximate surface area is 144 Å². The fraction of sp³-hybridized carbons (Fsp3) is 0.158. The van der Waals surface area contributed by atoms with Crippen molar-refractivity contribution in [3.63, 3.8) is 0 Å². The highest BCUT2D eigenvalue weighted by Crippen LogP contribution is 2.33. The lowest BCUT2D eigenvalue weighted by molar-refractivity contribution is 0.415. The normalized spacial score (nSPS) is 11.2. The fourth-order valence-corrected chi connectivity index (χ4v) is 2.94. The summed E-state index contributed by atoms with van der Waals surface area (Å²) in [6, 6.07) is 16.1. The van der Waals surface area contributed by atoms with E-state index in [2.05, 4.69) is 14.8 Å². The van der Waals surface area contributed by atoms with Crippen LogP contribution < -0.4 is 10.5 Å². The Morgan fingerprint density at radius 3 is 2.52 bits per heavy atom. The number of fused-ring (bicyclic) bond motifs is 1. The van der Waals surface area contributed by atoms with E-state index in [1.807, 2.05) is 48.5 Å². The summed E-state index contributed by atoms with van der Waals surface area (Å²) in [5, 5.41) is 9.18. The summed E-state index contributed by atoms with van der Waals surface area (Å²) < 4.78 is 13.1. The van der Waals surface area contributed by atoms with E-state index in [0.717, 1.165) is 33.6 Å². The molecule has 0 atom stereocenters. The number of nitrogens with two attached hydrogens (primary N) is 1. The van der Waals surface area contributed by atoms with E-state index in [1.54, 1.807) is 14.0 Å². The summed E-state index contributed by atoms with van der Waals surface area (Å²) in [7, 11) is 1.66. The lowest BCUT2D eigenvalue weighted by atomic mass is 10.2. The molecular formula is C19H18N4O2. The van der Waals surface area contributed by atoms with Crippen molar-refractivity contribution in [1.82, 2.24) is 14.8 Å². The van der Waals surface area contributed by atoms with Crippen molar-refractivity contribution >= 4 is 10.9 Å². The Hall–Kier alpha value is -3.12. The van der Waals surface area contributed by atoms with Crippen LogP contribution in [0.4, 0.5) is 0 Å². The van der Waals surface area contributed by atoms with Gasteiger partial charge in [-0.25, -0.2) is 0 Å². The van der Waals surface area contributed by atoms with Crippen LogP contribution >= 0.6 is 0 Å². The quantitative estimate of drug-likeness (QED) is 0.618. The topological polar surface area (TPSA) is 79.1 Å². The number of benzene rings is 2. The van der Waals surface area contributed by atoms with Gasteiger partial charge >= 0.3 is 0 Å². The summed E-state index contributed by atoms with van der Waals surface area (Å²) in [5.74, 6) is 1.81. The van der Waals surface area contributed by atoms with E-state index >= 15 is 0 Å². The second kappa shape index (κ2) is 6.07. The van der Waals surface area contributed by atoms with Crippen LogP contribution in [0, 0.1) is 6.92 Å². The molecule has 0 aliphatic carbocycles. The molecule has 2 heterocycles. The third kappa shape index (κ3) is 2.66. The molecule has 126 valence electrons. The van der Waals surface area contributed by atoms with Gasteiger partial charge in [-0.05, 0) is 42.0 Å². The minimum absolute atomic E-state index is 0.482. The number of aryl methyl sites for hydroxylation is 1. The van der Waals surface area contributed by atoms with Gasteiger partial charge in [-0.3, -0.25) is 0 Å². The summed E-state index contributed by atoms with van der Waals surface area (Å²) in [6.07, 6.45) is 0. The first-order valence-corrected chi connectivity index (χ1v) is 7.99. The lowest BCUT2D eigenvalue weighted by Crippen LogP contribution is -1.99. The van der Waals surface area contributed by atoms with Gasteiger partial charge in [-0.2, -0.15) is 0 Å². The molecule has 2 N–H and O–H groups in total. The zero-order chi connectivity index (χ0) is 17.4. The molecular weight excluding hydrogens is 316 g/mol. The second-order valence-electron chi connectivity index (χ2n) is 5.79. The van der Waals surface area contributed by atoms with Gasteiger partial charge in [0.25, 0.3) is 5.89 Å². The minimum atomic E-state index is 0.482. The maximum absolute atomic E-state index is 5.71. The zero-order valence-corrected chi connectivity index (χ0v) is 14.1. The standard InChI is InChI=1S/C19H18N4O2/c1-12-21-22-19(25-12)18-10-14-9-16(24-2)7-8-17(14)23(18)15-5-3-13(11-20)4-6-15/h3-10H,11,20H2,1-2H3. The first-order valence-electron chi connectivity index (χ1n) is 7.99. The maximum atomic E-state index is 5.71. The van der Waals surface area contributed by atoms with Crippen molar-refractivity contribution in [3.05, 3.63) is 60.0 Å². The molecule has 25 heavy (non-hydrogen) atoms. The predicted molar refractivity (Wildman–Crippen MR) is 95.7 cm³/mol. The third-order valence-electron chi connectivity index (χ3n) is 4.18. The van der Waals surface area contributed by atoms with Gasteiger partial charge in [-0.15, -0.1) is 10.2 Å². The Morgan fingerprint density at radius 1 is 1.08 bits per heavy atom. The number of ether oxygens (including phenoxy) is 1. The molecule has 0 aliphatic rings. The van der Waals surface area contributed by atoms with Crippen LogP contribution in [0.1, 0.15) is 11.5 Å². The van der Waals surface area contributed by atoms with Gasteiger partial charge in [0, 0.05) is 24.5 Å². The Kier molecular flexibility index (Phi) is 3.74. The van der Waals surface area contributed by atoms with Gasteiger partial charge in [0.05, 0.1) is 12.6 Å². The van der Waals surface area contributed by atoms with E-state index in [4.69, 9.17) is 14.9 Å². The Bertz CT molecular complexity index is 1030. The number of hydrogen-bond donors (Lipinski definition) is 1. The highest BCUT2D eigenvalue weighted by atomic mass is 16.5. The van der Waals surface area contributed by atoms with E-state index in [-0.39, 0.29) is 0 Å². The molecule has 6 heteroatoms. The fourth-order valence-electron chi connectivity index (χ4n) is 2.94. The molecule has 0 aliphatic heterocycles. The zero-order valence-electron chi connectivity index (χ0n) is 14.1. The van der Waals surface area contributed by atoms with Crippen molar-refractivity contribution in [2.75, 3.05) is 7.11 Å². The molecule has 6 nitrogen and oxygen atoms in total. The first-order chi connectivity index (χ1) is 12.2. The molecule has 4 rings (SSSR count).